The second-order valence-electron chi connectivity index (χ2n) is 2.83. The maximum Gasteiger partial charge on any atom is 0.104 e. The van der Waals surface area contributed by atoms with E-state index in [0.29, 0.717) is 12.8 Å². The lowest BCUT2D eigenvalue weighted by Crippen LogP contribution is -1.85. The molecular weight excluding hydrogens is 110 g/mol. The lowest BCUT2D eigenvalue weighted by atomic mass is 10.3. The van der Waals surface area contributed by atoms with E-state index in [1.54, 1.807) is 0 Å². The van der Waals surface area contributed by atoms with Gasteiger partial charge in [-0.1, -0.05) is 0 Å². The molecule has 4 unspecified atom stereocenters. The van der Waals surface area contributed by atoms with Crippen LogP contribution in [0.2, 0.25) is 0 Å². The fourth-order valence-corrected chi connectivity index (χ4v) is 1.25. The third-order valence-electron chi connectivity index (χ3n) is 2.07. The van der Waals surface area contributed by atoms with Crippen LogP contribution in [0.4, 0.5) is 8.78 Å². The Balaban J connectivity index is 1.86. The third-order valence-corrected chi connectivity index (χ3v) is 2.07. The molecule has 0 aliphatic heterocycles. The molecule has 2 aliphatic carbocycles. The van der Waals surface area contributed by atoms with Crippen molar-refractivity contribution in [1.82, 2.24) is 0 Å². The van der Waals surface area contributed by atoms with E-state index in [2.05, 4.69) is 0 Å². The molecule has 0 aromatic carbocycles. The second kappa shape index (κ2) is 1.23. The Morgan fingerprint density at radius 1 is 0.875 bits per heavy atom. The first-order valence-corrected chi connectivity index (χ1v) is 3.07. The van der Waals surface area contributed by atoms with Crippen LogP contribution >= 0.6 is 0 Å². The van der Waals surface area contributed by atoms with E-state index in [1.165, 1.54) is 0 Å². The summed E-state index contributed by atoms with van der Waals surface area (Å²) in [5.74, 6) is 0.231. The molecule has 2 heteroatoms. The van der Waals surface area contributed by atoms with Gasteiger partial charge in [-0.2, -0.15) is 0 Å². The van der Waals surface area contributed by atoms with Gasteiger partial charge in [0.05, 0.1) is 0 Å². The van der Waals surface area contributed by atoms with Crippen LogP contribution in [0, 0.1) is 11.8 Å². The average Bonchev–Trinajstić information content (AvgIpc) is 2.47. The maximum atomic E-state index is 12.1. The summed E-state index contributed by atoms with van der Waals surface area (Å²) >= 11 is 0. The van der Waals surface area contributed by atoms with Crippen molar-refractivity contribution in [3.8, 4) is 0 Å². The molecule has 4 atom stereocenters. The molecule has 0 nitrogen and oxygen atoms in total. The SMILES string of the molecule is FC1CC1C1CC1F. The molecule has 0 N–H and O–H groups in total. The van der Waals surface area contributed by atoms with E-state index >= 15 is 0 Å². The lowest BCUT2D eigenvalue weighted by molar-refractivity contribution is 0.387. The van der Waals surface area contributed by atoms with Crippen LogP contribution in [0.5, 0.6) is 0 Å². The Bertz CT molecular complexity index is 99.1. The van der Waals surface area contributed by atoms with Gasteiger partial charge in [-0.15, -0.1) is 0 Å². The first kappa shape index (κ1) is 4.71. The van der Waals surface area contributed by atoms with Crippen molar-refractivity contribution in [3.05, 3.63) is 0 Å². The fourth-order valence-electron chi connectivity index (χ4n) is 1.25. The molecular formula is C6H8F2. The largest absolute Gasteiger partial charge is 0.247 e. The molecule has 0 radical (unpaired) electrons. The molecule has 2 saturated carbocycles. The van der Waals surface area contributed by atoms with Gasteiger partial charge < -0.3 is 0 Å². The summed E-state index contributed by atoms with van der Waals surface area (Å²) in [6, 6.07) is 0. The van der Waals surface area contributed by atoms with Gasteiger partial charge >= 0.3 is 0 Å². The number of hydrogen-bond donors (Lipinski definition) is 0. The Kier molecular flexibility index (Phi) is 0.722. The molecule has 0 heterocycles. The topological polar surface area (TPSA) is 0 Å². The third kappa shape index (κ3) is 0.550. The van der Waals surface area contributed by atoms with Gasteiger partial charge in [-0.05, 0) is 24.7 Å². The molecule has 2 aliphatic rings. The predicted molar refractivity (Wildman–Crippen MR) is 26.0 cm³/mol. The zero-order valence-corrected chi connectivity index (χ0v) is 4.48. The second-order valence-corrected chi connectivity index (χ2v) is 2.83. The normalized spacial score (nSPS) is 60.8. The van der Waals surface area contributed by atoms with Crippen LogP contribution in [0.15, 0.2) is 0 Å². The van der Waals surface area contributed by atoms with Crippen molar-refractivity contribution in [2.45, 2.75) is 25.2 Å². The molecule has 0 amide bonds. The molecule has 0 aromatic heterocycles. The summed E-state index contributed by atoms with van der Waals surface area (Å²) in [7, 11) is 0. The van der Waals surface area contributed by atoms with Crippen molar-refractivity contribution in [1.29, 1.82) is 0 Å². The van der Waals surface area contributed by atoms with Crippen molar-refractivity contribution in [3.63, 3.8) is 0 Å². The van der Waals surface area contributed by atoms with Gasteiger partial charge in [0.1, 0.15) is 12.3 Å². The van der Waals surface area contributed by atoms with E-state index in [0.717, 1.165) is 0 Å². The highest BCUT2D eigenvalue weighted by molar-refractivity contribution is 5.02. The summed E-state index contributed by atoms with van der Waals surface area (Å²) in [4.78, 5) is 0. The minimum absolute atomic E-state index is 0.116. The van der Waals surface area contributed by atoms with Crippen LogP contribution in [0.3, 0.4) is 0 Å². The summed E-state index contributed by atoms with van der Waals surface area (Å²) < 4.78 is 24.1. The molecule has 0 bridgehead atoms. The average molecular weight is 118 g/mol. The van der Waals surface area contributed by atoms with E-state index < -0.39 is 12.3 Å². The van der Waals surface area contributed by atoms with E-state index in [9.17, 15) is 8.78 Å². The van der Waals surface area contributed by atoms with Crippen molar-refractivity contribution >= 4 is 0 Å². The summed E-state index contributed by atoms with van der Waals surface area (Å²) in [5, 5.41) is 0. The fraction of sp³-hybridized carbons (Fsp3) is 1.00. The summed E-state index contributed by atoms with van der Waals surface area (Å²) in [6.07, 6.45) is -0.0441. The van der Waals surface area contributed by atoms with Crippen LogP contribution in [-0.4, -0.2) is 12.3 Å². The summed E-state index contributed by atoms with van der Waals surface area (Å²) in [5.41, 5.74) is 0. The number of hydrogen-bond acceptors (Lipinski definition) is 0. The summed E-state index contributed by atoms with van der Waals surface area (Å²) in [6.45, 7) is 0. The predicted octanol–water partition coefficient (Wildman–Crippen LogP) is 1.70. The lowest BCUT2D eigenvalue weighted by Gasteiger charge is -1.82. The zero-order chi connectivity index (χ0) is 5.72. The minimum Gasteiger partial charge on any atom is -0.247 e. The van der Waals surface area contributed by atoms with Gasteiger partial charge in [-0.3, -0.25) is 0 Å². The van der Waals surface area contributed by atoms with E-state index in [4.69, 9.17) is 0 Å². The molecule has 0 saturated heterocycles. The van der Waals surface area contributed by atoms with Crippen molar-refractivity contribution in [2.24, 2.45) is 11.8 Å². The Labute approximate surface area is 46.9 Å². The highest BCUT2D eigenvalue weighted by atomic mass is 19.1. The van der Waals surface area contributed by atoms with Crippen LogP contribution in [-0.2, 0) is 0 Å². The van der Waals surface area contributed by atoms with Crippen molar-refractivity contribution < 1.29 is 8.78 Å². The van der Waals surface area contributed by atoms with Gasteiger partial charge in [0.25, 0.3) is 0 Å². The molecule has 46 valence electrons. The highest BCUT2D eigenvalue weighted by Crippen LogP contribution is 2.53. The van der Waals surface area contributed by atoms with Crippen LogP contribution in [0.1, 0.15) is 12.8 Å². The molecule has 0 aromatic rings. The Morgan fingerprint density at radius 2 is 1.12 bits per heavy atom. The molecule has 2 rings (SSSR count). The molecule has 8 heavy (non-hydrogen) atoms. The number of halogens is 2. The van der Waals surface area contributed by atoms with Gasteiger partial charge in [0.2, 0.25) is 0 Å². The quantitative estimate of drug-likeness (QED) is 0.491. The van der Waals surface area contributed by atoms with Crippen LogP contribution < -0.4 is 0 Å². The first-order valence-electron chi connectivity index (χ1n) is 3.07. The van der Waals surface area contributed by atoms with E-state index in [-0.39, 0.29) is 11.8 Å². The Hall–Kier alpha value is -0.140. The van der Waals surface area contributed by atoms with Gasteiger partial charge in [0.15, 0.2) is 0 Å². The van der Waals surface area contributed by atoms with Crippen LogP contribution in [0.25, 0.3) is 0 Å². The molecule has 0 spiro atoms. The first-order chi connectivity index (χ1) is 3.79. The maximum absolute atomic E-state index is 12.1. The molecule has 2 fully saturated rings. The number of alkyl halides is 2. The highest BCUT2D eigenvalue weighted by Gasteiger charge is 2.54. The smallest absolute Gasteiger partial charge is 0.104 e. The monoisotopic (exact) mass is 118 g/mol. The Morgan fingerprint density at radius 3 is 1.25 bits per heavy atom. The zero-order valence-electron chi connectivity index (χ0n) is 4.48. The van der Waals surface area contributed by atoms with Gasteiger partial charge in [0, 0.05) is 0 Å². The van der Waals surface area contributed by atoms with Crippen molar-refractivity contribution in [2.75, 3.05) is 0 Å². The standard InChI is InChI=1S/C6H8F2/c7-5-1-3(5)4-2-6(4)8/h3-6H,1-2H2. The minimum atomic E-state index is -0.652. The number of rotatable bonds is 1. The van der Waals surface area contributed by atoms with Gasteiger partial charge in [-0.25, -0.2) is 8.78 Å². The van der Waals surface area contributed by atoms with E-state index in [1.807, 2.05) is 0 Å².